The molecule has 0 fully saturated rings. The van der Waals surface area contributed by atoms with Crippen LogP contribution in [0.1, 0.15) is 16.8 Å². The van der Waals surface area contributed by atoms with E-state index in [0.29, 0.717) is 22.7 Å². The molecular formula is C17H11F3N2O2. The molecule has 0 aliphatic heterocycles. The van der Waals surface area contributed by atoms with E-state index in [1.165, 1.54) is 18.4 Å². The normalized spacial score (nSPS) is 12.0. The van der Waals surface area contributed by atoms with Crippen molar-refractivity contribution in [3.8, 4) is 11.5 Å². The lowest BCUT2D eigenvalue weighted by molar-refractivity contribution is -0.137. The Morgan fingerprint density at radius 2 is 1.83 bits per heavy atom. The molecule has 0 aliphatic rings. The second-order valence-corrected chi connectivity index (χ2v) is 4.96. The maximum atomic E-state index is 12.5. The molecule has 0 unspecified atom stereocenters. The number of furan rings is 1. The Morgan fingerprint density at radius 3 is 2.46 bits per heavy atom. The fourth-order valence-corrected chi connectivity index (χ4v) is 2.09. The molecule has 0 spiro atoms. The van der Waals surface area contributed by atoms with Crippen LogP contribution in [0, 0.1) is 0 Å². The predicted molar refractivity (Wildman–Crippen MR) is 82.9 cm³/mol. The van der Waals surface area contributed by atoms with Crippen molar-refractivity contribution in [1.29, 1.82) is 0 Å². The number of H-pyrrole nitrogens is 1. The Balaban J connectivity index is 1.86. The van der Waals surface area contributed by atoms with E-state index in [-0.39, 0.29) is 0 Å². The molecule has 0 saturated carbocycles. The molecule has 0 saturated heterocycles. The summed E-state index contributed by atoms with van der Waals surface area (Å²) in [6.45, 7) is 0. The van der Waals surface area contributed by atoms with Gasteiger partial charge in [0.05, 0.1) is 23.2 Å². The lowest BCUT2D eigenvalue weighted by atomic mass is 10.1. The first-order chi connectivity index (χ1) is 11.4. The first-order valence-corrected chi connectivity index (χ1v) is 6.92. The Morgan fingerprint density at radius 1 is 1.08 bits per heavy atom. The fraction of sp³-hybridized carbons (Fsp3) is 0.0588. The fourth-order valence-electron chi connectivity index (χ4n) is 2.09. The second kappa shape index (κ2) is 6.19. The molecule has 0 bridgehead atoms. The SMILES string of the molecule is O=c1nc(/C=C/c2ccc(C(F)(F)F)cc2)cc(-c2ccco2)[nH]1. The smallest absolute Gasteiger partial charge is 0.416 e. The number of halogens is 3. The molecule has 4 nitrogen and oxygen atoms in total. The van der Waals surface area contributed by atoms with Gasteiger partial charge in [0.15, 0.2) is 0 Å². The summed E-state index contributed by atoms with van der Waals surface area (Å²) >= 11 is 0. The molecule has 122 valence electrons. The van der Waals surface area contributed by atoms with Crippen LogP contribution in [0.2, 0.25) is 0 Å². The van der Waals surface area contributed by atoms with E-state index in [1.54, 1.807) is 30.4 Å². The van der Waals surface area contributed by atoms with Gasteiger partial charge < -0.3 is 9.40 Å². The van der Waals surface area contributed by atoms with Crippen LogP contribution in [-0.2, 0) is 6.18 Å². The van der Waals surface area contributed by atoms with E-state index in [9.17, 15) is 18.0 Å². The van der Waals surface area contributed by atoms with Crippen molar-refractivity contribution < 1.29 is 17.6 Å². The largest absolute Gasteiger partial charge is 0.463 e. The number of aromatic amines is 1. The van der Waals surface area contributed by atoms with Crippen LogP contribution in [0.25, 0.3) is 23.6 Å². The van der Waals surface area contributed by atoms with Crippen LogP contribution in [-0.4, -0.2) is 9.97 Å². The van der Waals surface area contributed by atoms with Crippen LogP contribution in [0.5, 0.6) is 0 Å². The summed E-state index contributed by atoms with van der Waals surface area (Å²) in [6.07, 6.45) is 0.235. The van der Waals surface area contributed by atoms with Gasteiger partial charge in [-0.25, -0.2) is 4.79 Å². The molecule has 1 N–H and O–H groups in total. The van der Waals surface area contributed by atoms with E-state index in [2.05, 4.69) is 9.97 Å². The highest BCUT2D eigenvalue weighted by atomic mass is 19.4. The van der Waals surface area contributed by atoms with Gasteiger partial charge in [-0.2, -0.15) is 18.2 Å². The third kappa shape index (κ3) is 3.62. The summed E-state index contributed by atoms with van der Waals surface area (Å²) in [5.74, 6) is 0.485. The minimum Gasteiger partial charge on any atom is -0.463 e. The first kappa shape index (κ1) is 15.8. The van der Waals surface area contributed by atoms with Gasteiger partial charge in [-0.05, 0) is 42.0 Å². The third-order valence-corrected chi connectivity index (χ3v) is 3.24. The minimum atomic E-state index is -4.37. The number of nitrogens with zero attached hydrogens (tertiary/aromatic N) is 1. The van der Waals surface area contributed by atoms with E-state index >= 15 is 0 Å². The molecule has 2 aromatic heterocycles. The summed E-state index contributed by atoms with van der Waals surface area (Å²) in [5.41, 5.74) is 0.131. The average Bonchev–Trinajstić information content (AvgIpc) is 3.06. The van der Waals surface area contributed by atoms with E-state index in [4.69, 9.17) is 4.42 Å². The molecule has 0 atom stereocenters. The Bertz CT molecular complexity index is 908. The molecule has 0 amide bonds. The summed E-state index contributed by atoms with van der Waals surface area (Å²) in [5, 5.41) is 0. The second-order valence-electron chi connectivity index (χ2n) is 4.96. The molecule has 3 rings (SSSR count). The number of hydrogen-bond donors (Lipinski definition) is 1. The molecule has 1 aromatic carbocycles. The Kier molecular flexibility index (Phi) is 4.07. The summed E-state index contributed by atoms with van der Waals surface area (Å²) in [4.78, 5) is 18.0. The van der Waals surface area contributed by atoms with Gasteiger partial charge in [-0.3, -0.25) is 0 Å². The van der Waals surface area contributed by atoms with Crippen LogP contribution in [0.3, 0.4) is 0 Å². The topological polar surface area (TPSA) is 58.9 Å². The highest BCUT2D eigenvalue weighted by Crippen LogP contribution is 2.29. The van der Waals surface area contributed by atoms with Crippen molar-refractivity contribution in [1.82, 2.24) is 9.97 Å². The molecule has 0 radical (unpaired) electrons. The molecule has 2 heterocycles. The summed E-state index contributed by atoms with van der Waals surface area (Å²) in [7, 11) is 0. The highest BCUT2D eigenvalue weighted by Gasteiger charge is 2.29. The van der Waals surface area contributed by atoms with E-state index in [1.807, 2.05) is 0 Å². The number of aromatic nitrogens is 2. The standard InChI is InChI=1S/C17H11F3N2O2/c18-17(19,20)12-6-3-11(4-7-12)5-8-13-10-14(22-16(23)21-13)15-2-1-9-24-15/h1-10H,(H,21,22,23)/b8-5+. The van der Waals surface area contributed by atoms with Gasteiger partial charge in [0.1, 0.15) is 5.76 Å². The summed E-state index contributed by atoms with van der Waals surface area (Å²) < 4.78 is 42.8. The van der Waals surface area contributed by atoms with Crippen LogP contribution in [0.15, 0.2) is 57.9 Å². The van der Waals surface area contributed by atoms with Gasteiger partial charge >= 0.3 is 11.9 Å². The van der Waals surface area contributed by atoms with Gasteiger partial charge in [-0.15, -0.1) is 0 Å². The highest BCUT2D eigenvalue weighted by molar-refractivity contribution is 5.69. The number of alkyl halides is 3. The van der Waals surface area contributed by atoms with Crippen molar-refractivity contribution in [3.05, 3.63) is 76.0 Å². The van der Waals surface area contributed by atoms with Gasteiger partial charge in [0, 0.05) is 0 Å². The van der Waals surface area contributed by atoms with Crippen molar-refractivity contribution in [3.63, 3.8) is 0 Å². The zero-order valence-corrected chi connectivity index (χ0v) is 12.2. The monoisotopic (exact) mass is 332 g/mol. The van der Waals surface area contributed by atoms with Crippen LogP contribution in [0.4, 0.5) is 13.2 Å². The van der Waals surface area contributed by atoms with Crippen molar-refractivity contribution in [2.75, 3.05) is 0 Å². The van der Waals surface area contributed by atoms with Crippen molar-refractivity contribution >= 4 is 12.2 Å². The predicted octanol–water partition coefficient (Wildman–Crippen LogP) is 4.22. The zero-order chi connectivity index (χ0) is 17.2. The first-order valence-electron chi connectivity index (χ1n) is 6.92. The van der Waals surface area contributed by atoms with E-state index < -0.39 is 17.4 Å². The molecule has 7 heteroatoms. The van der Waals surface area contributed by atoms with Gasteiger partial charge in [0.2, 0.25) is 0 Å². The van der Waals surface area contributed by atoms with Crippen molar-refractivity contribution in [2.24, 2.45) is 0 Å². The van der Waals surface area contributed by atoms with Crippen LogP contribution < -0.4 is 5.69 Å². The number of rotatable bonds is 3. The lowest BCUT2D eigenvalue weighted by Gasteiger charge is -2.05. The van der Waals surface area contributed by atoms with Gasteiger partial charge in [-0.1, -0.05) is 18.2 Å². The Labute approximate surface area is 134 Å². The zero-order valence-electron chi connectivity index (χ0n) is 12.2. The van der Waals surface area contributed by atoms with Crippen LogP contribution >= 0.6 is 0 Å². The summed E-state index contributed by atoms with van der Waals surface area (Å²) in [6, 6.07) is 9.68. The molecule has 3 aromatic rings. The molecule has 24 heavy (non-hydrogen) atoms. The van der Waals surface area contributed by atoms with Crippen molar-refractivity contribution in [2.45, 2.75) is 6.18 Å². The lowest BCUT2D eigenvalue weighted by Crippen LogP contribution is -2.11. The number of nitrogens with one attached hydrogen (secondary N) is 1. The molecule has 0 aliphatic carbocycles. The molecular weight excluding hydrogens is 321 g/mol. The van der Waals surface area contributed by atoms with Gasteiger partial charge in [0.25, 0.3) is 0 Å². The third-order valence-electron chi connectivity index (χ3n) is 3.24. The number of benzene rings is 1. The Hall–Kier alpha value is -3.09. The maximum absolute atomic E-state index is 12.5. The number of hydrogen-bond acceptors (Lipinski definition) is 3. The minimum absolute atomic E-state index is 0.366. The quantitative estimate of drug-likeness (QED) is 0.781. The maximum Gasteiger partial charge on any atom is 0.416 e. The van der Waals surface area contributed by atoms with E-state index in [0.717, 1.165) is 12.1 Å². The average molecular weight is 332 g/mol.